The highest BCUT2D eigenvalue weighted by atomic mass is 16.7. The summed E-state index contributed by atoms with van der Waals surface area (Å²) in [5.74, 6) is 0. The van der Waals surface area contributed by atoms with Crippen molar-refractivity contribution < 1.29 is 35.0 Å². The molecule has 0 radical (unpaired) electrons. The van der Waals surface area contributed by atoms with Gasteiger partial charge in [0.15, 0.2) is 6.29 Å². The lowest BCUT2D eigenvalue weighted by Gasteiger charge is -2.40. The van der Waals surface area contributed by atoms with Gasteiger partial charge in [0.1, 0.15) is 24.4 Å². The third-order valence-corrected chi connectivity index (χ3v) is 6.40. The fourth-order valence-corrected chi connectivity index (χ4v) is 4.11. The van der Waals surface area contributed by atoms with Crippen molar-refractivity contribution in [3.8, 4) is 0 Å². The van der Waals surface area contributed by atoms with Gasteiger partial charge in [-0.15, -0.1) is 0 Å². The molecule has 1 saturated heterocycles. The van der Waals surface area contributed by atoms with Crippen molar-refractivity contribution >= 4 is 0 Å². The minimum absolute atomic E-state index is 0.0672. The van der Waals surface area contributed by atoms with E-state index >= 15 is 0 Å². The van der Waals surface area contributed by atoms with Gasteiger partial charge in [0, 0.05) is 0 Å². The van der Waals surface area contributed by atoms with Crippen LogP contribution in [0.3, 0.4) is 0 Å². The first-order chi connectivity index (χ1) is 15.4. The highest BCUT2D eigenvalue weighted by Crippen LogP contribution is 2.22. The van der Waals surface area contributed by atoms with Crippen molar-refractivity contribution in [3.05, 3.63) is 0 Å². The third-order valence-electron chi connectivity index (χ3n) is 6.40. The van der Waals surface area contributed by atoms with Gasteiger partial charge < -0.3 is 40.7 Å². The summed E-state index contributed by atoms with van der Waals surface area (Å²) in [6.45, 7) is 1.67. The molecule has 1 heterocycles. The van der Waals surface area contributed by atoms with E-state index in [-0.39, 0.29) is 6.61 Å². The molecule has 0 aromatic rings. The van der Waals surface area contributed by atoms with E-state index < -0.39 is 49.5 Å². The Morgan fingerprint density at radius 2 is 1.28 bits per heavy atom. The molecule has 0 spiro atoms. The number of nitrogens with two attached hydrogens (primary N) is 1. The quantitative estimate of drug-likeness (QED) is 0.159. The molecule has 8 nitrogen and oxygen atoms in total. The first kappa shape index (κ1) is 29.7. The first-order valence-corrected chi connectivity index (χ1v) is 12.8. The molecular formula is C24H49NO7. The van der Waals surface area contributed by atoms with Crippen LogP contribution in [0.1, 0.15) is 96.8 Å². The van der Waals surface area contributed by atoms with E-state index in [0.717, 1.165) is 12.8 Å². The SMILES string of the molecule is CCCCCCCCCCCCCCC[C@@H](O)[C@@H](N)COC1OC(CO)C(O)C(O)C1O. The Balaban J connectivity index is 2.03. The smallest absolute Gasteiger partial charge is 0.186 e. The van der Waals surface area contributed by atoms with Crippen LogP contribution in [0.2, 0.25) is 0 Å². The van der Waals surface area contributed by atoms with Gasteiger partial charge >= 0.3 is 0 Å². The number of hydrogen-bond acceptors (Lipinski definition) is 8. The lowest BCUT2D eigenvalue weighted by atomic mass is 9.99. The van der Waals surface area contributed by atoms with Gasteiger partial charge in [-0.3, -0.25) is 0 Å². The molecule has 0 aromatic heterocycles. The molecule has 0 aliphatic carbocycles. The number of aliphatic hydroxyl groups is 5. The normalized spacial score (nSPS) is 28.0. The fraction of sp³-hybridized carbons (Fsp3) is 1.00. The second kappa shape index (κ2) is 18.1. The van der Waals surface area contributed by atoms with Crippen LogP contribution in [-0.4, -0.2) is 81.6 Å². The number of aliphatic hydroxyl groups excluding tert-OH is 5. The summed E-state index contributed by atoms with van der Waals surface area (Å²) in [4.78, 5) is 0. The Labute approximate surface area is 194 Å². The summed E-state index contributed by atoms with van der Waals surface area (Å²) in [5, 5.41) is 49.0. The van der Waals surface area contributed by atoms with E-state index in [9.17, 15) is 25.5 Å². The highest BCUT2D eigenvalue weighted by molar-refractivity contribution is 4.89. The number of ether oxygens (including phenoxy) is 2. The van der Waals surface area contributed by atoms with Crippen molar-refractivity contribution in [2.75, 3.05) is 13.2 Å². The molecule has 1 aliphatic heterocycles. The maximum Gasteiger partial charge on any atom is 0.186 e. The lowest BCUT2D eigenvalue weighted by Crippen LogP contribution is -2.59. The highest BCUT2D eigenvalue weighted by Gasteiger charge is 2.44. The molecular weight excluding hydrogens is 414 g/mol. The van der Waals surface area contributed by atoms with E-state index in [2.05, 4.69) is 6.92 Å². The van der Waals surface area contributed by atoms with Crippen molar-refractivity contribution in [2.24, 2.45) is 5.73 Å². The monoisotopic (exact) mass is 463 g/mol. The second-order valence-electron chi connectivity index (χ2n) is 9.29. The maximum absolute atomic E-state index is 10.2. The van der Waals surface area contributed by atoms with Crippen molar-refractivity contribution in [1.82, 2.24) is 0 Å². The number of hydrogen-bond donors (Lipinski definition) is 6. The average molecular weight is 464 g/mol. The predicted octanol–water partition coefficient (Wildman–Crippen LogP) is 1.97. The van der Waals surface area contributed by atoms with Gasteiger partial charge in [-0.1, -0.05) is 90.4 Å². The standard InChI is InChI=1S/C24H49NO7/c1-2-3-4-5-6-7-8-9-10-11-12-13-14-15-19(27)18(25)17-31-24-23(30)22(29)21(28)20(16-26)32-24/h18-24,26-30H,2-17,25H2,1H3/t18-,19+,20?,21?,22?,23?,24?/m0/s1. The summed E-state index contributed by atoms with van der Waals surface area (Å²) in [6.07, 6.45) is 9.70. The Hall–Kier alpha value is -0.320. The van der Waals surface area contributed by atoms with Gasteiger partial charge in [0.05, 0.1) is 25.4 Å². The van der Waals surface area contributed by atoms with Crippen LogP contribution in [0.4, 0.5) is 0 Å². The largest absolute Gasteiger partial charge is 0.394 e. The molecule has 0 saturated carbocycles. The maximum atomic E-state index is 10.2. The van der Waals surface area contributed by atoms with E-state index in [1.165, 1.54) is 70.6 Å². The summed E-state index contributed by atoms with van der Waals surface area (Å²) >= 11 is 0. The second-order valence-corrected chi connectivity index (χ2v) is 9.29. The average Bonchev–Trinajstić information content (AvgIpc) is 2.79. The minimum atomic E-state index is -1.49. The zero-order chi connectivity index (χ0) is 23.8. The molecule has 5 unspecified atom stereocenters. The molecule has 1 rings (SSSR count). The van der Waals surface area contributed by atoms with Crippen LogP contribution in [0.15, 0.2) is 0 Å². The number of unbranched alkanes of at least 4 members (excludes halogenated alkanes) is 12. The van der Waals surface area contributed by atoms with Crippen LogP contribution in [0, 0.1) is 0 Å². The Morgan fingerprint density at radius 1 is 0.781 bits per heavy atom. The summed E-state index contributed by atoms with van der Waals surface area (Å²) in [7, 11) is 0. The van der Waals surface area contributed by atoms with Gasteiger partial charge in [-0.25, -0.2) is 0 Å². The zero-order valence-electron chi connectivity index (χ0n) is 20.0. The molecule has 0 aromatic carbocycles. The van der Waals surface area contributed by atoms with Crippen LogP contribution >= 0.6 is 0 Å². The molecule has 8 heteroatoms. The summed E-state index contributed by atoms with van der Waals surface area (Å²) in [6, 6.07) is -0.653. The van der Waals surface area contributed by atoms with Crippen LogP contribution in [0.5, 0.6) is 0 Å². The Morgan fingerprint density at radius 3 is 1.78 bits per heavy atom. The summed E-state index contributed by atoms with van der Waals surface area (Å²) in [5.41, 5.74) is 5.98. The zero-order valence-corrected chi connectivity index (χ0v) is 20.0. The van der Waals surface area contributed by atoms with Crippen molar-refractivity contribution in [2.45, 2.75) is 140 Å². The fourth-order valence-electron chi connectivity index (χ4n) is 4.11. The van der Waals surface area contributed by atoms with E-state index in [0.29, 0.717) is 6.42 Å². The molecule has 192 valence electrons. The van der Waals surface area contributed by atoms with Crippen LogP contribution in [-0.2, 0) is 9.47 Å². The molecule has 1 aliphatic rings. The predicted molar refractivity (Wildman–Crippen MR) is 124 cm³/mol. The Kier molecular flexibility index (Phi) is 16.8. The summed E-state index contributed by atoms with van der Waals surface area (Å²) < 4.78 is 10.7. The third kappa shape index (κ3) is 11.7. The van der Waals surface area contributed by atoms with Gasteiger partial charge in [0.2, 0.25) is 0 Å². The first-order valence-electron chi connectivity index (χ1n) is 12.8. The van der Waals surface area contributed by atoms with Crippen molar-refractivity contribution in [3.63, 3.8) is 0 Å². The van der Waals surface area contributed by atoms with Gasteiger partial charge in [-0.05, 0) is 6.42 Å². The number of rotatable bonds is 19. The molecule has 7 atom stereocenters. The molecule has 0 bridgehead atoms. The molecule has 32 heavy (non-hydrogen) atoms. The van der Waals surface area contributed by atoms with Crippen LogP contribution < -0.4 is 5.73 Å². The molecule has 1 fully saturated rings. The van der Waals surface area contributed by atoms with Crippen LogP contribution in [0.25, 0.3) is 0 Å². The van der Waals surface area contributed by atoms with E-state index in [1.807, 2.05) is 0 Å². The minimum Gasteiger partial charge on any atom is -0.394 e. The van der Waals surface area contributed by atoms with E-state index in [4.69, 9.17) is 15.2 Å². The van der Waals surface area contributed by atoms with Gasteiger partial charge in [0.25, 0.3) is 0 Å². The van der Waals surface area contributed by atoms with E-state index in [1.54, 1.807) is 0 Å². The molecule has 7 N–H and O–H groups in total. The Bertz CT molecular complexity index is 441. The topological polar surface area (TPSA) is 146 Å². The van der Waals surface area contributed by atoms with Gasteiger partial charge in [-0.2, -0.15) is 0 Å². The lowest BCUT2D eigenvalue weighted by molar-refractivity contribution is -0.302. The van der Waals surface area contributed by atoms with Crippen molar-refractivity contribution in [1.29, 1.82) is 0 Å². The molecule has 0 amide bonds.